The van der Waals surface area contributed by atoms with E-state index in [9.17, 15) is 24.3 Å². The Morgan fingerprint density at radius 2 is 0.664 bits per heavy atom. The fraction of sp³-hybridized carbons (Fsp3) is 0.267. The summed E-state index contributed by atoms with van der Waals surface area (Å²) in [4.78, 5) is 77.2. The Balaban J connectivity index is 0.000000131. The van der Waals surface area contributed by atoms with Crippen molar-refractivity contribution >= 4 is 33.7 Å². The van der Waals surface area contributed by atoms with Gasteiger partial charge >= 0.3 is 22.2 Å². The molecule has 5 aromatic heterocycles. The summed E-state index contributed by atoms with van der Waals surface area (Å²) in [7, 11) is 1.65. The topological polar surface area (TPSA) is 245 Å². The largest absolute Gasteiger partial charge is 0.508 e. The summed E-state index contributed by atoms with van der Waals surface area (Å²) in [6.07, 6.45) is 8.32. The van der Waals surface area contributed by atoms with Crippen molar-refractivity contribution in [2.45, 2.75) is 79.4 Å². The second-order valence-electron chi connectivity index (χ2n) is 36.3. The lowest BCUT2D eigenvalue weighted by Gasteiger charge is -2.36. The van der Waals surface area contributed by atoms with E-state index in [-0.39, 0.29) is 28.3 Å². The molecule has 0 radical (unpaired) electrons. The number of pyridine rings is 1. The normalized spacial score (nSPS) is 14.2. The van der Waals surface area contributed by atoms with Gasteiger partial charge in [0.05, 0.1) is 85.2 Å². The predicted octanol–water partition coefficient (Wildman–Crippen LogP) is 16.7. The van der Waals surface area contributed by atoms with Crippen LogP contribution in [0.25, 0.3) is 33.7 Å². The third kappa shape index (κ3) is 26.3. The van der Waals surface area contributed by atoms with Crippen LogP contribution in [0.5, 0.6) is 34.5 Å². The van der Waals surface area contributed by atoms with Gasteiger partial charge in [-0.2, -0.15) is 39.1 Å². The fourth-order valence-electron chi connectivity index (χ4n) is 18.1. The smallest absolute Gasteiger partial charge is 0.316 e. The molecule has 0 unspecified atom stereocenters. The number of phenols is 1. The Labute approximate surface area is 834 Å². The Kier molecular flexibility index (Phi) is 33.8. The number of benzene rings is 11. The van der Waals surface area contributed by atoms with E-state index in [1.165, 1.54) is 46.5 Å². The number of rotatable bonds is 30. The van der Waals surface area contributed by atoms with E-state index in [1.54, 1.807) is 38.0 Å². The summed E-state index contributed by atoms with van der Waals surface area (Å²) in [5.74, 6) is 2.51. The summed E-state index contributed by atoms with van der Waals surface area (Å²) < 4.78 is 35.5. The van der Waals surface area contributed by atoms with Crippen molar-refractivity contribution < 1.29 is 28.8 Å². The number of aromatic nitrogens is 9. The number of aromatic hydroxyl groups is 1. The molecule has 4 aliphatic rings. The quantitative estimate of drug-likeness (QED) is 0.0440. The van der Waals surface area contributed by atoms with E-state index in [0.717, 1.165) is 204 Å². The van der Waals surface area contributed by atoms with Crippen LogP contribution in [0.15, 0.2) is 359 Å². The lowest BCUT2D eigenvalue weighted by Crippen LogP contribution is -2.46. The molecule has 0 atom stereocenters. The number of methoxy groups -OCH3 is 1. The second-order valence-corrected chi connectivity index (χ2v) is 36.3. The van der Waals surface area contributed by atoms with Gasteiger partial charge in [0.25, 0.3) is 0 Å². The zero-order valence-electron chi connectivity index (χ0n) is 81.8. The van der Waals surface area contributed by atoms with Crippen molar-refractivity contribution in [2.24, 2.45) is 0 Å². The molecule has 0 spiro atoms. The number of hydrogen-bond acceptors (Lipinski definition) is 23. The average Bonchev–Trinajstić information content (AvgIpc) is 0.796. The molecule has 0 amide bonds. The molecular weight excluding hydrogens is 1790 g/mol. The van der Waals surface area contributed by atoms with Crippen LogP contribution in [-0.2, 0) is 45.6 Å². The molecule has 4 fully saturated rings. The number of piperazine rings is 4. The molecule has 11 aromatic carbocycles. The standard InChI is InChI=1S/C32H31N5O2.C30H32N4O4.C29H30N4O2.C25H30N4O2/c38-32-31(39-22-17-25-9-3-1-4-10-25)30(23-33-37(32)28-12-5-2-6-13-28)36-20-18-35(19-21-36)24-27-16-15-26-11-7-8-14-29(26)34-27;1-37-26-13-11-23(12-14-26)15-20-38-29-27(21-31-34(30(29)36)25-8-3-2-4-9-25)33-18-16-32(17-19-33)22-24-7-5-6-10-28(24)35;1-23-9-8-12-25(19-23)21-31-15-17-32(18-16-31)27-20-30-33(26-13-6-3-7-14-26)29(34)28(27)35-22-24-10-4-2-5-11-24;1-19(2)31-24-23(17-26-29(25(24)30)22-10-5-4-6-11-22)28-14-12-27(13-15-28)18-21-9-7-8-20(3)16-21/h1-16,23H,17-22,24H2;2-14,21,35H,15-20,22H2,1H3;2-14,19-20H,15-18,21-22H2,1H3;4-11,16-17,19H,12-15,18H2,1-3H3. The summed E-state index contributed by atoms with van der Waals surface area (Å²) in [6, 6.07) is 103. The van der Waals surface area contributed by atoms with Gasteiger partial charge in [0.2, 0.25) is 23.0 Å². The van der Waals surface area contributed by atoms with E-state index < -0.39 is 0 Å². The summed E-state index contributed by atoms with van der Waals surface area (Å²) in [5.41, 5.74) is 16.4. The number of ether oxygens (including phenoxy) is 5. The highest BCUT2D eigenvalue weighted by Crippen LogP contribution is 2.33. The Morgan fingerprint density at radius 1 is 0.322 bits per heavy atom. The molecule has 0 saturated carbocycles. The molecule has 143 heavy (non-hydrogen) atoms. The highest BCUT2D eigenvalue weighted by atomic mass is 16.5. The third-order valence-corrected chi connectivity index (χ3v) is 25.8. The SMILES string of the molecule is COc1ccc(CCOc2c(N3CCN(Cc4ccccc4O)CC3)cnn(-c3ccccc3)c2=O)cc1.Cc1cccc(CN2CCN(c3cnn(-c4ccccc4)c(=O)c3OC(C)C)CC2)c1.Cc1cccc(CN2CCN(c3cnn(-c4ccccc4)c(=O)c3OCc3ccccc3)CC2)c1.O=c1c(OCCc2ccccc2)c(N2CCN(Cc3ccc4ccccc4n3)CC2)cnn1-c1ccccc1. The summed E-state index contributed by atoms with van der Waals surface area (Å²) in [6.45, 7) is 25.9. The molecule has 16 aromatic rings. The monoisotopic (exact) mass is 1910 g/mol. The van der Waals surface area contributed by atoms with E-state index in [1.807, 2.05) is 238 Å². The van der Waals surface area contributed by atoms with Crippen molar-refractivity contribution in [2.75, 3.05) is 145 Å². The van der Waals surface area contributed by atoms with Crippen LogP contribution in [-0.4, -0.2) is 200 Å². The van der Waals surface area contributed by atoms with Gasteiger partial charge in [-0.25, -0.2) is 0 Å². The fourth-order valence-corrected chi connectivity index (χ4v) is 18.1. The van der Waals surface area contributed by atoms with Gasteiger partial charge in [0.1, 0.15) is 40.9 Å². The van der Waals surface area contributed by atoms with Crippen LogP contribution < -0.4 is 65.5 Å². The van der Waals surface area contributed by atoms with Crippen molar-refractivity contribution in [3.05, 3.63) is 432 Å². The van der Waals surface area contributed by atoms with Crippen LogP contribution in [0.4, 0.5) is 22.7 Å². The Bertz CT molecular complexity index is 7060. The van der Waals surface area contributed by atoms with Crippen molar-refractivity contribution in [1.82, 2.24) is 63.7 Å². The number of nitrogens with zero attached hydrogens (tertiary/aromatic N) is 17. The first-order valence-corrected chi connectivity index (χ1v) is 49.1. The molecule has 732 valence electrons. The van der Waals surface area contributed by atoms with Crippen molar-refractivity contribution in [1.29, 1.82) is 0 Å². The molecule has 9 heterocycles. The maximum Gasteiger partial charge on any atom is 0.316 e. The highest BCUT2D eigenvalue weighted by molar-refractivity contribution is 5.78. The maximum absolute atomic E-state index is 13.6. The zero-order chi connectivity index (χ0) is 98.6. The first-order chi connectivity index (χ1) is 70.0. The molecule has 27 nitrogen and oxygen atoms in total. The molecule has 27 heteroatoms. The number of hydrogen-bond donors (Lipinski definition) is 1. The second kappa shape index (κ2) is 48.9. The minimum absolute atomic E-state index is 0.0966. The van der Waals surface area contributed by atoms with Crippen LogP contribution in [0.3, 0.4) is 0 Å². The highest BCUT2D eigenvalue weighted by Gasteiger charge is 2.31. The summed E-state index contributed by atoms with van der Waals surface area (Å²) >= 11 is 0. The van der Waals surface area contributed by atoms with E-state index in [0.29, 0.717) is 72.9 Å². The number of aryl methyl sites for hydroxylation is 2. The van der Waals surface area contributed by atoms with Gasteiger partial charge in [-0.15, -0.1) is 0 Å². The first kappa shape index (κ1) is 98.8. The zero-order valence-corrected chi connectivity index (χ0v) is 81.8. The van der Waals surface area contributed by atoms with Gasteiger partial charge in [-0.1, -0.05) is 248 Å². The molecule has 0 bridgehead atoms. The minimum atomic E-state index is -0.278. The van der Waals surface area contributed by atoms with Gasteiger partial charge < -0.3 is 48.4 Å². The maximum atomic E-state index is 13.6. The number of anilines is 4. The van der Waals surface area contributed by atoms with Gasteiger partial charge in [0, 0.05) is 155 Å². The van der Waals surface area contributed by atoms with Crippen LogP contribution in [0.2, 0.25) is 0 Å². The van der Waals surface area contributed by atoms with Crippen molar-refractivity contribution in [3.63, 3.8) is 0 Å². The molecule has 20 rings (SSSR count). The molecule has 1 N–H and O–H groups in total. The van der Waals surface area contributed by atoms with E-state index >= 15 is 0 Å². The lowest BCUT2D eigenvalue weighted by molar-refractivity contribution is 0.231. The molecule has 4 aliphatic heterocycles. The predicted molar refractivity (Wildman–Crippen MR) is 566 cm³/mol. The molecule has 4 saturated heterocycles. The average molecular weight is 1920 g/mol. The summed E-state index contributed by atoms with van der Waals surface area (Å²) in [5, 5.41) is 29.3. The van der Waals surface area contributed by atoms with E-state index in [4.69, 9.17) is 28.7 Å². The molecule has 0 aliphatic carbocycles. The van der Waals surface area contributed by atoms with Crippen molar-refractivity contribution in [3.8, 4) is 57.2 Å². The number of fused-ring (bicyclic) bond motifs is 1. The Morgan fingerprint density at radius 3 is 1.07 bits per heavy atom. The van der Waals surface area contributed by atoms with Gasteiger partial charge in [-0.3, -0.25) is 43.8 Å². The number of para-hydroxylation sites is 6. The lowest BCUT2D eigenvalue weighted by atomic mass is 10.1. The first-order valence-electron chi connectivity index (χ1n) is 49.1. The Hall–Kier alpha value is -15.8. The third-order valence-electron chi connectivity index (χ3n) is 25.8. The van der Waals surface area contributed by atoms with Crippen LogP contribution in [0.1, 0.15) is 64.0 Å². The van der Waals surface area contributed by atoms with Gasteiger partial charge in [0.15, 0.2) is 0 Å². The van der Waals surface area contributed by atoms with Crippen LogP contribution >= 0.6 is 0 Å². The number of phenolic OH excluding ortho intramolecular Hbond substituents is 1. The minimum Gasteiger partial charge on any atom is -0.508 e. The van der Waals surface area contributed by atoms with Crippen LogP contribution in [0, 0.1) is 13.8 Å². The molecular formula is C116H123N17O10. The van der Waals surface area contributed by atoms with Gasteiger partial charge in [-0.05, 0) is 134 Å². The van der Waals surface area contributed by atoms with E-state index in [2.05, 4.69) is 158 Å².